The van der Waals surface area contributed by atoms with Gasteiger partial charge in [-0.15, -0.1) is 0 Å². The smallest absolute Gasteiger partial charge is 0.270 e. The Balaban J connectivity index is 2.25. The van der Waals surface area contributed by atoms with Gasteiger partial charge >= 0.3 is 0 Å². The Morgan fingerprint density at radius 1 is 1.30 bits per heavy atom. The minimum absolute atomic E-state index is 0.0406. The van der Waals surface area contributed by atoms with Crippen LogP contribution in [-0.4, -0.2) is 29.9 Å². The SMILES string of the molecule is CCC(C)C(NC(=O)c1ccc2cc(OC)ccc2n1)C(N)=O. The van der Waals surface area contributed by atoms with Crippen molar-refractivity contribution in [3.8, 4) is 5.75 Å². The zero-order valence-electron chi connectivity index (χ0n) is 13.5. The van der Waals surface area contributed by atoms with E-state index in [0.717, 1.165) is 17.6 Å². The first-order chi connectivity index (χ1) is 11.0. The van der Waals surface area contributed by atoms with Gasteiger partial charge in [-0.3, -0.25) is 9.59 Å². The third kappa shape index (κ3) is 3.77. The maximum Gasteiger partial charge on any atom is 0.270 e. The van der Waals surface area contributed by atoms with Crippen LogP contribution in [0.5, 0.6) is 5.75 Å². The molecule has 0 aliphatic rings. The summed E-state index contributed by atoms with van der Waals surface area (Å²) < 4.78 is 5.16. The summed E-state index contributed by atoms with van der Waals surface area (Å²) in [5, 5.41) is 3.54. The monoisotopic (exact) mass is 315 g/mol. The number of methoxy groups -OCH3 is 1. The first-order valence-corrected chi connectivity index (χ1v) is 7.51. The van der Waals surface area contributed by atoms with Gasteiger partial charge in [-0.25, -0.2) is 4.98 Å². The van der Waals surface area contributed by atoms with E-state index in [2.05, 4.69) is 10.3 Å². The molecule has 1 heterocycles. The summed E-state index contributed by atoms with van der Waals surface area (Å²) in [6.07, 6.45) is 0.735. The second-order valence-electron chi connectivity index (χ2n) is 5.49. The molecule has 3 N–H and O–H groups in total. The molecule has 0 saturated carbocycles. The summed E-state index contributed by atoms with van der Waals surface area (Å²) in [4.78, 5) is 28.2. The fraction of sp³-hybridized carbons (Fsp3) is 0.353. The molecular weight excluding hydrogens is 294 g/mol. The van der Waals surface area contributed by atoms with Crippen molar-refractivity contribution < 1.29 is 14.3 Å². The number of benzene rings is 1. The highest BCUT2D eigenvalue weighted by Gasteiger charge is 2.24. The zero-order chi connectivity index (χ0) is 17.0. The van der Waals surface area contributed by atoms with E-state index in [4.69, 9.17) is 10.5 Å². The molecule has 0 saturated heterocycles. The topological polar surface area (TPSA) is 94.3 Å². The number of nitrogens with two attached hydrogens (primary N) is 1. The standard InChI is InChI=1S/C17H21N3O3/c1-4-10(2)15(16(18)21)20-17(22)14-7-5-11-9-12(23-3)6-8-13(11)19-14/h5-10,15H,4H2,1-3H3,(H2,18,21)(H,20,22). The number of hydrogen-bond acceptors (Lipinski definition) is 4. The van der Waals surface area contributed by atoms with Crippen molar-refractivity contribution in [2.24, 2.45) is 11.7 Å². The fourth-order valence-corrected chi connectivity index (χ4v) is 2.30. The summed E-state index contributed by atoms with van der Waals surface area (Å²) in [5.74, 6) is -0.270. The molecular formula is C17H21N3O3. The largest absolute Gasteiger partial charge is 0.497 e. The van der Waals surface area contributed by atoms with Gasteiger partial charge in [0.1, 0.15) is 17.5 Å². The van der Waals surface area contributed by atoms with Crippen molar-refractivity contribution in [2.75, 3.05) is 7.11 Å². The number of hydrogen-bond donors (Lipinski definition) is 2. The molecule has 2 amide bonds. The summed E-state index contributed by atoms with van der Waals surface area (Å²) in [5.41, 5.74) is 6.30. The van der Waals surface area contributed by atoms with Gasteiger partial charge in [-0.2, -0.15) is 0 Å². The minimum atomic E-state index is -0.708. The lowest BCUT2D eigenvalue weighted by Crippen LogP contribution is -2.48. The second kappa shape index (κ2) is 7.09. The van der Waals surface area contributed by atoms with Crippen LogP contribution in [0.15, 0.2) is 30.3 Å². The molecule has 0 spiro atoms. The first kappa shape index (κ1) is 16.7. The van der Waals surface area contributed by atoms with E-state index in [0.29, 0.717) is 5.52 Å². The number of primary amides is 1. The normalized spacial score (nSPS) is 13.3. The predicted molar refractivity (Wildman–Crippen MR) is 88.2 cm³/mol. The summed E-state index contributed by atoms with van der Waals surface area (Å²) in [6, 6.07) is 8.11. The van der Waals surface area contributed by atoms with Crippen LogP contribution in [0.3, 0.4) is 0 Å². The van der Waals surface area contributed by atoms with E-state index < -0.39 is 17.9 Å². The number of pyridine rings is 1. The van der Waals surface area contributed by atoms with Gasteiger partial charge in [0, 0.05) is 5.39 Å². The van der Waals surface area contributed by atoms with E-state index in [1.165, 1.54) is 0 Å². The van der Waals surface area contributed by atoms with E-state index in [1.54, 1.807) is 31.4 Å². The molecule has 1 aromatic carbocycles. The summed E-state index contributed by atoms with van der Waals surface area (Å²) in [7, 11) is 1.59. The number of rotatable bonds is 6. The predicted octanol–water partition coefficient (Wildman–Crippen LogP) is 1.87. The Labute approximate surface area is 135 Å². The Hall–Kier alpha value is -2.63. The van der Waals surface area contributed by atoms with Crippen LogP contribution in [0.4, 0.5) is 0 Å². The van der Waals surface area contributed by atoms with Gasteiger partial charge in [-0.05, 0) is 30.2 Å². The van der Waals surface area contributed by atoms with E-state index in [9.17, 15) is 9.59 Å². The molecule has 0 aliphatic heterocycles. The number of nitrogens with one attached hydrogen (secondary N) is 1. The second-order valence-corrected chi connectivity index (χ2v) is 5.49. The lowest BCUT2D eigenvalue weighted by atomic mass is 9.98. The third-order valence-corrected chi connectivity index (χ3v) is 3.94. The number of amides is 2. The lowest BCUT2D eigenvalue weighted by molar-refractivity contribution is -0.120. The van der Waals surface area contributed by atoms with Crippen LogP contribution in [0, 0.1) is 5.92 Å². The van der Waals surface area contributed by atoms with E-state index in [-0.39, 0.29) is 11.6 Å². The van der Waals surface area contributed by atoms with Crippen molar-refractivity contribution in [1.82, 2.24) is 10.3 Å². The zero-order valence-corrected chi connectivity index (χ0v) is 13.5. The van der Waals surface area contributed by atoms with Crippen LogP contribution in [0.25, 0.3) is 10.9 Å². The Morgan fingerprint density at radius 3 is 2.65 bits per heavy atom. The van der Waals surface area contributed by atoms with Gasteiger partial charge in [0.2, 0.25) is 5.91 Å². The average Bonchev–Trinajstić information content (AvgIpc) is 2.57. The number of carbonyl (C=O) groups excluding carboxylic acids is 2. The molecule has 23 heavy (non-hydrogen) atoms. The molecule has 0 fully saturated rings. The Bertz CT molecular complexity index is 730. The highest BCUT2D eigenvalue weighted by molar-refractivity contribution is 5.97. The van der Waals surface area contributed by atoms with Crippen molar-refractivity contribution >= 4 is 22.7 Å². The van der Waals surface area contributed by atoms with Crippen molar-refractivity contribution in [2.45, 2.75) is 26.3 Å². The fourth-order valence-electron chi connectivity index (χ4n) is 2.30. The van der Waals surface area contributed by atoms with Crippen LogP contribution < -0.4 is 15.8 Å². The third-order valence-electron chi connectivity index (χ3n) is 3.94. The molecule has 0 radical (unpaired) electrons. The molecule has 2 rings (SSSR count). The highest BCUT2D eigenvalue weighted by Crippen LogP contribution is 2.19. The molecule has 0 bridgehead atoms. The molecule has 2 aromatic rings. The molecule has 0 aliphatic carbocycles. The van der Waals surface area contributed by atoms with Gasteiger partial charge in [-0.1, -0.05) is 26.3 Å². The van der Waals surface area contributed by atoms with Gasteiger partial charge < -0.3 is 15.8 Å². The van der Waals surface area contributed by atoms with Gasteiger partial charge in [0.25, 0.3) is 5.91 Å². The number of aromatic nitrogens is 1. The van der Waals surface area contributed by atoms with Gasteiger partial charge in [0.05, 0.1) is 12.6 Å². The van der Waals surface area contributed by atoms with E-state index in [1.807, 2.05) is 19.9 Å². The maximum atomic E-state index is 12.3. The number of nitrogens with zero attached hydrogens (tertiary/aromatic N) is 1. The number of carbonyl (C=O) groups is 2. The molecule has 6 heteroatoms. The summed E-state index contributed by atoms with van der Waals surface area (Å²) in [6.45, 7) is 3.81. The van der Waals surface area contributed by atoms with Crippen LogP contribution >= 0.6 is 0 Å². The van der Waals surface area contributed by atoms with Crippen molar-refractivity contribution in [3.05, 3.63) is 36.0 Å². The lowest BCUT2D eigenvalue weighted by Gasteiger charge is -2.20. The van der Waals surface area contributed by atoms with Crippen LogP contribution in [0.2, 0.25) is 0 Å². The Morgan fingerprint density at radius 2 is 2.04 bits per heavy atom. The molecule has 2 unspecified atom stereocenters. The summed E-state index contributed by atoms with van der Waals surface area (Å²) >= 11 is 0. The van der Waals surface area contributed by atoms with Crippen molar-refractivity contribution in [1.29, 1.82) is 0 Å². The van der Waals surface area contributed by atoms with Crippen LogP contribution in [0.1, 0.15) is 30.8 Å². The molecule has 1 aromatic heterocycles. The molecule has 6 nitrogen and oxygen atoms in total. The average molecular weight is 315 g/mol. The Kier molecular flexibility index (Phi) is 5.16. The van der Waals surface area contributed by atoms with Gasteiger partial charge in [0.15, 0.2) is 0 Å². The molecule has 2 atom stereocenters. The van der Waals surface area contributed by atoms with Crippen LogP contribution in [-0.2, 0) is 4.79 Å². The highest BCUT2D eigenvalue weighted by atomic mass is 16.5. The number of ether oxygens (including phenoxy) is 1. The van der Waals surface area contributed by atoms with E-state index >= 15 is 0 Å². The maximum absolute atomic E-state index is 12.3. The number of fused-ring (bicyclic) bond motifs is 1. The quantitative estimate of drug-likeness (QED) is 0.851. The minimum Gasteiger partial charge on any atom is -0.497 e. The first-order valence-electron chi connectivity index (χ1n) is 7.51. The van der Waals surface area contributed by atoms with Crippen molar-refractivity contribution in [3.63, 3.8) is 0 Å². The molecule has 122 valence electrons.